The number of hydrogen-bond acceptors (Lipinski definition) is 6. The molecule has 1 aromatic rings. The van der Waals surface area contributed by atoms with Crippen molar-refractivity contribution in [2.75, 3.05) is 5.32 Å². The summed E-state index contributed by atoms with van der Waals surface area (Å²) in [6.07, 6.45) is 1.94. The highest BCUT2D eigenvalue weighted by molar-refractivity contribution is 5.94. The number of aromatic nitrogens is 1. The number of rotatable bonds is 6. The van der Waals surface area contributed by atoms with Gasteiger partial charge < -0.3 is 10.1 Å². The minimum atomic E-state index is -0.643. The fourth-order valence-electron chi connectivity index (χ4n) is 1.39. The van der Waals surface area contributed by atoms with E-state index in [1.54, 1.807) is 13.8 Å². The number of carbonyl (C=O) groups is 2. The second kappa shape index (κ2) is 7.17. The van der Waals surface area contributed by atoms with Gasteiger partial charge in [0.15, 0.2) is 0 Å². The summed E-state index contributed by atoms with van der Waals surface area (Å²) in [6, 6.07) is 1.32. The molecule has 0 unspecified atom stereocenters. The predicted octanol–water partition coefficient (Wildman–Crippen LogP) is 1.66. The van der Waals surface area contributed by atoms with Crippen molar-refractivity contribution in [1.82, 2.24) is 4.98 Å². The van der Waals surface area contributed by atoms with Gasteiger partial charge >= 0.3 is 11.7 Å². The first kappa shape index (κ1) is 15.5. The van der Waals surface area contributed by atoms with Crippen molar-refractivity contribution >= 4 is 23.3 Å². The molecule has 1 N–H and O–H groups in total. The van der Waals surface area contributed by atoms with Crippen LogP contribution in [0, 0.1) is 10.1 Å². The summed E-state index contributed by atoms with van der Waals surface area (Å²) in [4.78, 5) is 36.6. The van der Waals surface area contributed by atoms with Crippen LogP contribution >= 0.6 is 0 Å². The van der Waals surface area contributed by atoms with Crippen LogP contribution in [0.5, 0.6) is 0 Å². The monoisotopic (exact) mass is 281 g/mol. The van der Waals surface area contributed by atoms with E-state index in [1.165, 1.54) is 12.3 Å². The van der Waals surface area contributed by atoms with E-state index in [0.29, 0.717) is 0 Å². The van der Waals surface area contributed by atoms with E-state index in [9.17, 15) is 19.7 Å². The lowest BCUT2D eigenvalue weighted by Gasteiger charge is -2.08. The SMILES string of the molecule is CC(C)OC(=O)CCC(=O)Nc1ccncc1[N+](=O)[O-]. The Morgan fingerprint density at radius 3 is 2.75 bits per heavy atom. The molecule has 1 heterocycles. The van der Waals surface area contributed by atoms with Crippen LogP contribution in [-0.4, -0.2) is 27.9 Å². The van der Waals surface area contributed by atoms with Crippen LogP contribution in [-0.2, 0) is 14.3 Å². The van der Waals surface area contributed by atoms with Gasteiger partial charge in [-0.05, 0) is 19.9 Å². The molecule has 20 heavy (non-hydrogen) atoms. The van der Waals surface area contributed by atoms with Gasteiger partial charge in [-0.3, -0.25) is 24.7 Å². The molecule has 0 spiro atoms. The Morgan fingerprint density at radius 1 is 1.45 bits per heavy atom. The second-order valence-corrected chi connectivity index (χ2v) is 4.24. The van der Waals surface area contributed by atoms with Gasteiger partial charge in [0.05, 0.1) is 17.4 Å². The van der Waals surface area contributed by atoms with Crippen molar-refractivity contribution in [1.29, 1.82) is 0 Å². The van der Waals surface area contributed by atoms with Gasteiger partial charge in [0.25, 0.3) is 0 Å². The number of nitrogens with zero attached hydrogens (tertiary/aromatic N) is 2. The van der Waals surface area contributed by atoms with Crippen molar-refractivity contribution in [3.63, 3.8) is 0 Å². The largest absolute Gasteiger partial charge is 0.463 e. The zero-order valence-electron chi connectivity index (χ0n) is 11.2. The molecule has 108 valence electrons. The average Bonchev–Trinajstić information content (AvgIpc) is 2.36. The van der Waals surface area contributed by atoms with Crippen LogP contribution in [0.2, 0.25) is 0 Å². The first-order valence-corrected chi connectivity index (χ1v) is 5.98. The molecule has 0 fully saturated rings. The summed E-state index contributed by atoms with van der Waals surface area (Å²) in [7, 11) is 0. The third-order valence-electron chi connectivity index (χ3n) is 2.19. The van der Waals surface area contributed by atoms with Gasteiger partial charge in [0, 0.05) is 12.6 Å². The zero-order chi connectivity index (χ0) is 15.1. The van der Waals surface area contributed by atoms with Crippen LogP contribution in [0.3, 0.4) is 0 Å². The molecule has 1 rings (SSSR count). The predicted molar refractivity (Wildman–Crippen MR) is 70.0 cm³/mol. The lowest BCUT2D eigenvalue weighted by molar-refractivity contribution is -0.384. The van der Waals surface area contributed by atoms with Gasteiger partial charge in [-0.25, -0.2) is 0 Å². The minimum absolute atomic E-state index is 0.0484. The van der Waals surface area contributed by atoms with Crippen LogP contribution in [0.15, 0.2) is 18.5 Å². The number of nitro groups is 1. The number of esters is 1. The molecular formula is C12H15N3O5. The van der Waals surface area contributed by atoms with E-state index in [2.05, 4.69) is 10.3 Å². The summed E-state index contributed by atoms with van der Waals surface area (Å²) in [5, 5.41) is 13.1. The van der Waals surface area contributed by atoms with E-state index in [-0.39, 0.29) is 30.3 Å². The molecular weight excluding hydrogens is 266 g/mol. The van der Waals surface area contributed by atoms with Crippen molar-refractivity contribution in [2.45, 2.75) is 32.8 Å². The van der Waals surface area contributed by atoms with E-state index in [0.717, 1.165) is 6.20 Å². The lowest BCUT2D eigenvalue weighted by Crippen LogP contribution is -2.17. The van der Waals surface area contributed by atoms with Crippen LogP contribution in [0.1, 0.15) is 26.7 Å². The van der Waals surface area contributed by atoms with E-state index < -0.39 is 16.8 Å². The van der Waals surface area contributed by atoms with Crippen molar-refractivity contribution < 1.29 is 19.2 Å². The Kier molecular flexibility index (Phi) is 5.57. The Hall–Kier alpha value is -2.51. The molecule has 0 aliphatic heterocycles. The summed E-state index contributed by atoms with van der Waals surface area (Å²) in [6.45, 7) is 3.41. The Balaban J connectivity index is 2.55. The molecule has 1 amide bonds. The van der Waals surface area contributed by atoms with Crippen LogP contribution < -0.4 is 5.32 Å². The van der Waals surface area contributed by atoms with Crippen molar-refractivity contribution in [2.24, 2.45) is 0 Å². The van der Waals surface area contributed by atoms with Crippen molar-refractivity contribution in [3.8, 4) is 0 Å². The molecule has 8 heteroatoms. The molecule has 1 aromatic heterocycles. The highest BCUT2D eigenvalue weighted by Crippen LogP contribution is 2.22. The summed E-state index contributed by atoms with van der Waals surface area (Å²) < 4.78 is 4.88. The average molecular weight is 281 g/mol. The van der Waals surface area contributed by atoms with Gasteiger partial charge in [-0.1, -0.05) is 0 Å². The Morgan fingerprint density at radius 2 is 2.15 bits per heavy atom. The Labute approximate surface area is 115 Å². The fourth-order valence-corrected chi connectivity index (χ4v) is 1.39. The number of nitrogens with one attached hydrogen (secondary N) is 1. The highest BCUT2D eigenvalue weighted by Gasteiger charge is 2.16. The van der Waals surface area contributed by atoms with E-state index in [1.807, 2.05) is 0 Å². The molecule has 0 saturated carbocycles. The Bertz CT molecular complexity index is 516. The normalized spacial score (nSPS) is 10.2. The number of hydrogen-bond donors (Lipinski definition) is 1. The summed E-state index contributed by atoms with van der Waals surface area (Å²) >= 11 is 0. The third-order valence-corrected chi connectivity index (χ3v) is 2.19. The summed E-state index contributed by atoms with van der Waals surface area (Å²) in [5.74, 6) is -0.987. The number of ether oxygens (including phenoxy) is 1. The number of carbonyl (C=O) groups excluding carboxylic acids is 2. The molecule has 0 aliphatic carbocycles. The molecule has 0 radical (unpaired) electrons. The first-order chi connectivity index (χ1) is 9.40. The smallest absolute Gasteiger partial charge is 0.310 e. The standard InChI is InChI=1S/C12H15N3O5/c1-8(2)20-12(17)4-3-11(16)14-9-5-6-13-7-10(9)15(18)19/h5-8H,3-4H2,1-2H3,(H,13,14,16). The van der Waals surface area contributed by atoms with Gasteiger partial charge in [0.2, 0.25) is 5.91 Å². The molecule has 0 aromatic carbocycles. The molecule has 8 nitrogen and oxygen atoms in total. The van der Waals surface area contributed by atoms with E-state index >= 15 is 0 Å². The second-order valence-electron chi connectivity index (χ2n) is 4.24. The first-order valence-electron chi connectivity index (χ1n) is 5.98. The molecule has 0 saturated heterocycles. The zero-order valence-corrected chi connectivity index (χ0v) is 11.2. The molecule has 0 aliphatic rings. The number of pyridine rings is 1. The lowest BCUT2D eigenvalue weighted by atomic mass is 10.2. The topological polar surface area (TPSA) is 111 Å². The minimum Gasteiger partial charge on any atom is -0.463 e. The summed E-state index contributed by atoms with van der Waals surface area (Å²) in [5.41, 5.74) is -0.252. The molecule has 0 bridgehead atoms. The van der Waals surface area contributed by atoms with Gasteiger partial charge in [0.1, 0.15) is 11.9 Å². The number of anilines is 1. The van der Waals surface area contributed by atoms with Crippen LogP contribution in [0.25, 0.3) is 0 Å². The van der Waals surface area contributed by atoms with Crippen LogP contribution in [0.4, 0.5) is 11.4 Å². The van der Waals surface area contributed by atoms with E-state index in [4.69, 9.17) is 4.74 Å². The quantitative estimate of drug-likeness (QED) is 0.482. The number of amides is 1. The highest BCUT2D eigenvalue weighted by atomic mass is 16.6. The maximum atomic E-state index is 11.6. The van der Waals surface area contributed by atoms with Crippen molar-refractivity contribution in [3.05, 3.63) is 28.6 Å². The fraction of sp³-hybridized carbons (Fsp3) is 0.417. The maximum absolute atomic E-state index is 11.6. The van der Waals surface area contributed by atoms with Gasteiger partial charge in [-0.2, -0.15) is 0 Å². The maximum Gasteiger partial charge on any atom is 0.310 e. The molecule has 0 atom stereocenters. The van der Waals surface area contributed by atoms with Gasteiger partial charge in [-0.15, -0.1) is 0 Å². The third kappa shape index (κ3) is 5.01.